The second-order valence-electron chi connectivity index (χ2n) is 8.57. The van der Waals surface area contributed by atoms with Crippen molar-refractivity contribution in [2.75, 3.05) is 0 Å². The van der Waals surface area contributed by atoms with E-state index in [0.717, 1.165) is 24.1 Å². The third-order valence-corrected chi connectivity index (χ3v) is 7.15. The molecule has 2 amide bonds. The molecule has 36 heavy (non-hydrogen) atoms. The lowest BCUT2D eigenvalue weighted by Gasteiger charge is -2.22. The molecule has 2 unspecified atom stereocenters. The Hall–Kier alpha value is -3.18. The Morgan fingerprint density at radius 2 is 1.75 bits per heavy atom. The van der Waals surface area contributed by atoms with Gasteiger partial charge in [-0.3, -0.25) is 14.9 Å². The van der Waals surface area contributed by atoms with Crippen LogP contribution in [-0.4, -0.2) is 46.1 Å². The summed E-state index contributed by atoms with van der Waals surface area (Å²) in [6.45, 7) is 2.03. The molecule has 1 aromatic carbocycles. The predicted molar refractivity (Wildman–Crippen MR) is 129 cm³/mol. The molecule has 0 spiro atoms. The summed E-state index contributed by atoms with van der Waals surface area (Å²) < 4.78 is 31.7. The number of hydrogen-bond donors (Lipinski definition) is 3. The third kappa shape index (κ3) is 6.52. The summed E-state index contributed by atoms with van der Waals surface area (Å²) in [4.78, 5) is 36.9. The topological polar surface area (TPSA) is 113 Å². The van der Waals surface area contributed by atoms with Crippen LogP contribution in [-0.2, 0) is 20.8 Å². The average molecular weight is 524 g/mol. The molecule has 2 aromatic rings. The van der Waals surface area contributed by atoms with Gasteiger partial charge in [-0.25, -0.2) is 4.79 Å². The molecule has 4 rings (SSSR count). The molecule has 1 aromatic heterocycles. The van der Waals surface area contributed by atoms with E-state index >= 15 is 0 Å². The second-order valence-corrected chi connectivity index (χ2v) is 9.60. The fourth-order valence-corrected chi connectivity index (χ4v) is 5.32. The van der Waals surface area contributed by atoms with Crippen molar-refractivity contribution in [1.29, 1.82) is 0 Å². The number of amides is 2. The Bertz CT molecular complexity index is 1070. The number of carboxylic acids is 1. The van der Waals surface area contributed by atoms with Crippen LogP contribution >= 0.6 is 11.3 Å². The summed E-state index contributed by atoms with van der Waals surface area (Å²) in [7, 11) is 0. The highest BCUT2D eigenvalue weighted by molar-refractivity contribution is 7.09. The molecular weight excluding hydrogens is 495 g/mol. The number of nitrogens with one attached hydrogen (secondary N) is 1. The molecule has 4 atom stereocenters. The predicted octanol–water partition coefficient (Wildman–Crippen LogP) is 4.12. The zero-order valence-corrected chi connectivity index (χ0v) is 20.4. The van der Waals surface area contributed by atoms with Gasteiger partial charge in [0, 0.05) is 23.4 Å². The highest BCUT2D eigenvalue weighted by Gasteiger charge is 2.45. The van der Waals surface area contributed by atoms with Gasteiger partial charge >= 0.3 is 12.1 Å². The van der Waals surface area contributed by atoms with Gasteiger partial charge in [-0.05, 0) is 41.8 Å². The molecule has 11 heteroatoms. The largest absolute Gasteiger partial charge is 0.490 e. The lowest BCUT2D eigenvalue weighted by molar-refractivity contribution is -0.192. The molecule has 194 valence electrons. The van der Waals surface area contributed by atoms with Crippen molar-refractivity contribution in [2.24, 2.45) is 5.73 Å². The Morgan fingerprint density at radius 1 is 1.17 bits per heavy atom. The van der Waals surface area contributed by atoms with Crippen molar-refractivity contribution < 1.29 is 32.7 Å². The molecule has 1 saturated heterocycles. The number of thiophene rings is 1. The van der Waals surface area contributed by atoms with Gasteiger partial charge in [0.15, 0.2) is 0 Å². The lowest BCUT2D eigenvalue weighted by atomic mass is 9.92. The van der Waals surface area contributed by atoms with Gasteiger partial charge in [-0.1, -0.05) is 43.3 Å². The van der Waals surface area contributed by atoms with Crippen molar-refractivity contribution in [3.8, 4) is 0 Å². The van der Waals surface area contributed by atoms with Crippen LogP contribution in [0.4, 0.5) is 13.2 Å². The number of carboxylic acid groups (broad SMARTS) is 1. The van der Waals surface area contributed by atoms with Crippen molar-refractivity contribution in [1.82, 2.24) is 10.2 Å². The number of alkyl halides is 3. The van der Waals surface area contributed by atoms with Gasteiger partial charge in [0.1, 0.15) is 0 Å². The van der Waals surface area contributed by atoms with Crippen LogP contribution in [0, 0.1) is 0 Å². The summed E-state index contributed by atoms with van der Waals surface area (Å²) in [5.41, 5.74) is 8.19. The summed E-state index contributed by atoms with van der Waals surface area (Å²) in [5.74, 6) is -3.08. The van der Waals surface area contributed by atoms with Gasteiger partial charge in [0.2, 0.25) is 11.8 Å². The fraction of sp³-hybridized carbons (Fsp3) is 0.400. The van der Waals surface area contributed by atoms with Crippen molar-refractivity contribution in [3.63, 3.8) is 0 Å². The first-order valence-corrected chi connectivity index (χ1v) is 12.4. The highest BCUT2D eigenvalue weighted by atomic mass is 32.1. The van der Waals surface area contributed by atoms with Crippen LogP contribution < -0.4 is 11.1 Å². The number of aliphatic carboxylic acids is 1. The number of benzene rings is 1. The van der Waals surface area contributed by atoms with Gasteiger partial charge in [0.05, 0.1) is 18.1 Å². The summed E-state index contributed by atoms with van der Waals surface area (Å²) in [5, 5.41) is 12.4. The second kappa shape index (κ2) is 11.7. The van der Waals surface area contributed by atoms with Crippen molar-refractivity contribution in [3.05, 3.63) is 69.9 Å². The monoisotopic (exact) mass is 523 g/mol. The van der Waals surface area contributed by atoms with E-state index in [9.17, 15) is 22.8 Å². The quantitative estimate of drug-likeness (QED) is 0.451. The molecule has 0 aliphatic carbocycles. The highest BCUT2D eigenvalue weighted by Crippen LogP contribution is 2.52. The van der Waals surface area contributed by atoms with E-state index in [1.54, 1.807) is 17.4 Å². The Balaban J connectivity index is 0.000000454. The number of fused-ring (bicyclic) bond motifs is 5. The minimum Gasteiger partial charge on any atom is -0.475 e. The van der Waals surface area contributed by atoms with Crippen molar-refractivity contribution >= 4 is 29.1 Å². The normalized spacial score (nSPS) is 19.9. The van der Waals surface area contributed by atoms with E-state index in [1.807, 2.05) is 47.5 Å². The number of halogens is 3. The molecule has 1 fully saturated rings. The maximum atomic E-state index is 13.0. The minimum atomic E-state index is -5.08. The zero-order valence-electron chi connectivity index (χ0n) is 19.6. The Kier molecular flexibility index (Phi) is 8.91. The maximum Gasteiger partial charge on any atom is 0.490 e. The number of carbonyl (C=O) groups is 3. The molecule has 0 saturated carbocycles. The number of rotatable bonds is 8. The van der Waals surface area contributed by atoms with E-state index < -0.39 is 18.2 Å². The van der Waals surface area contributed by atoms with E-state index in [0.29, 0.717) is 6.42 Å². The number of primary amides is 1. The average Bonchev–Trinajstić information content (AvgIpc) is 3.57. The molecule has 2 bridgehead atoms. The van der Waals surface area contributed by atoms with Gasteiger partial charge in [-0.2, -0.15) is 13.2 Å². The SMILES string of the molecule is CC[C@@H](/C=C/C(=O)N1C2CCC1c1ccccc12)N[C@@H](Cc1cccs1)C(N)=O.O=C(O)C(F)(F)F. The number of carbonyl (C=O) groups excluding carboxylic acids is 2. The minimum absolute atomic E-state index is 0.0443. The summed E-state index contributed by atoms with van der Waals surface area (Å²) >= 11 is 1.61. The van der Waals surface area contributed by atoms with Crippen LogP contribution in [0.25, 0.3) is 0 Å². The van der Waals surface area contributed by atoms with Crippen molar-refractivity contribution in [2.45, 2.75) is 63.0 Å². The number of nitrogens with two attached hydrogens (primary N) is 1. The molecule has 4 N–H and O–H groups in total. The van der Waals surface area contributed by atoms with Crippen LogP contribution in [0.5, 0.6) is 0 Å². The van der Waals surface area contributed by atoms with Crippen LogP contribution in [0.1, 0.15) is 54.3 Å². The van der Waals surface area contributed by atoms with E-state index in [2.05, 4.69) is 17.4 Å². The number of hydrogen-bond acceptors (Lipinski definition) is 5. The molecule has 7 nitrogen and oxygen atoms in total. The van der Waals surface area contributed by atoms with E-state index in [4.69, 9.17) is 15.6 Å². The Morgan fingerprint density at radius 3 is 2.19 bits per heavy atom. The van der Waals surface area contributed by atoms with Crippen LogP contribution in [0.15, 0.2) is 53.9 Å². The third-order valence-electron chi connectivity index (χ3n) is 6.25. The lowest BCUT2D eigenvalue weighted by Crippen LogP contribution is -2.47. The van der Waals surface area contributed by atoms with Crippen LogP contribution in [0.2, 0.25) is 0 Å². The van der Waals surface area contributed by atoms with Gasteiger partial charge in [-0.15, -0.1) is 11.3 Å². The number of nitrogens with zero attached hydrogens (tertiary/aromatic N) is 1. The van der Waals surface area contributed by atoms with E-state index in [-0.39, 0.29) is 29.9 Å². The molecule has 0 radical (unpaired) electrons. The van der Waals surface area contributed by atoms with Gasteiger partial charge < -0.3 is 15.7 Å². The molecular formula is C25H28F3N3O4S. The fourth-order valence-electron chi connectivity index (χ4n) is 4.57. The van der Waals surface area contributed by atoms with Gasteiger partial charge in [0.25, 0.3) is 0 Å². The van der Waals surface area contributed by atoms with Crippen LogP contribution in [0.3, 0.4) is 0 Å². The Labute approximate surface area is 210 Å². The standard InChI is InChI=1S/C23H27N3O2S.C2HF3O2/c1-2-15(25-19(23(24)28)14-16-6-5-13-29-16)9-12-22(27)26-20-10-11-21(26)18-8-4-3-7-17(18)20;3-2(4,5)1(6)7/h3-9,12-13,15,19-21,25H,2,10-11,14H2,1H3,(H2,24,28);(H,6,7)/b12-9+;/t15-,19-,20?,21?;/m0./s1. The smallest absolute Gasteiger partial charge is 0.475 e. The first kappa shape index (κ1) is 27.4. The summed E-state index contributed by atoms with van der Waals surface area (Å²) in [6.07, 6.45) is 1.86. The summed E-state index contributed by atoms with van der Waals surface area (Å²) in [6, 6.07) is 12.2. The van der Waals surface area contributed by atoms with E-state index in [1.165, 1.54) is 11.1 Å². The maximum absolute atomic E-state index is 13.0. The first-order valence-electron chi connectivity index (χ1n) is 11.5. The molecule has 3 heterocycles. The zero-order chi connectivity index (χ0) is 26.5. The molecule has 2 aliphatic rings. The molecule has 2 aliphatic heterocycles. The first-order chi connectivity index (χ1) is 17.0.